The number of non-ortho nitro benzene ring substituents is 1. The highest BCUT2D eigenvalue weighted by atomic mass is 79.9. The molecule has 1 N–H and O–H groups in total. The first-order valence-electron chi connectivity index (χ1n) is 7.32. The molecule has 1 amide bonds. The number of nitrogens with zero attached hydrogens (tertiary/aromatic N) is 1. The van der Waals surface area contributed by atoms with E-state index in [4.69, 9.17) is 0 Å². The molecule has 0 fully saturated rings. The van der Waals surface area contributed by atoms with Gasteiger partial charge in [-0.05, 0) is 24.1 Å². The third-order valence-corrected chi connectivity index (χ3v) is 5.12. The Labute approximate surface area is 153 Å². The minimum absolute atomic E-state index is 0.0369. The van der Waals surface area contributed by atoms with E-state index in [1.54, 1.807) is 12.1 Å². The van der Waals surface area contributed by atoms with Gasteiger partial charge in [0.1, 0.15) is 0 Å². The van der Waals surface area contributed by atoms with Gasteiger partial charge in [0.2, 0.25) is 5.91 Å². The molecule has 7 heteroatoms. The molecular weight excluding hydrogens is 392 g/mol. The Morgan fingerprint density at radius 3 is 2.54 bits per heavy atom. The van der Waals surface area contributed by atoms with Crippen molar-refractivity contribution < 1.29 is 9.72 Å². The highest BCUT2D eigenvalue weighted by Gasteiger charge is 2.12. The van der Waals surface area contributed by atoms with Crippen molar-refractivity contribution in [3.63, 3.8) is 0 Å². The molecule has 0 heterocycles. The summed E-state index contributed by atoms with van der Waals surface area (Å²) in [6, 6.07) is 14.1. The lowest BCUT2D eigenvalue weighted by Crippen LogP contribution is -2.28. The van der Waals surface area contributed by atoms with Gasteiger partial charge in [-0.1, -0.05) is 46.3 Å². The molecular formula is C17H17BrN2O3S. The van der Waals surface area contributed by atoms with Gasteiger partial charge in [-0.25, -0.2) is 0 Å². The van der Waals surface area contributed by atoms with E-state index in [0.29, 0.717) is 11.5 Å². The zero-order valence-corrected chi connectivity index (χ0v) is 15.5. The minimum Gasteiger partial charge on any atom is -0.349 e. The summed E-state index contributed by atoms with van der Waals surface area (Å²) in [5.41, 5.74) is 2.06. The second-order valence-corrected chi connectivity index (χ2v) is 7.07. The van der Waals surface area contributed by atoms with Crippen LogP contribution in [-0.2, 0) is 10.5 Å². The summed E-state index contributed by atoms with van der Waals surface area (Å²) in [6.07, 6.45) is 0. The number of nitro groups is 1. The number of thioether (sulfide) groups is 1. The van der Waals surface area contributed by atoms with E-state index in [0.717, 1.165) is 15.6 Å². The monoisotopic (exact) mass is 408 g/mol. The van der Waals surface area contributed by atoms with E-state index < -0.39 is 4.92 Å². The first-order chi connectivity index (χ1) is 11.5. The minimum atomic E-state index is -0.423. The fourth-order valence-corrected chi connectivity index (χ4v) is 3.59. The maximum Gasteiger partial charge on any atom is 0.269 e. The number of hydrogen-bond donors (Lipinski definition) is 1. The quantitative estimate of drug-likeness (QED) is 0.541. The van der Waals surface area contributed by atoms with Gasteiger partial charge < -0.3 is 5.32 Å². The molecule has 0 bridgehead atoms. The molecule has 0 aliphatic carbocycles. The smallest absolute Gasteiger partial charge is 0.269 e. The highest BCUT2D eigenvalue weighted by molar-refractivity contribution is 9.10. The van der Waals surface area contributed by atoms with E-state index >= 15 is 0 Å². The van der Waals surface area contributed by atoms with Crippen LogP contribution in [0, 0.1) is 10.1 Å². The van der Waals surface area contributed by atoms with E-state index in [-0.39, 0.29) is 17.6 Å². The topological polar surface area (TPSA) is 72.2 Å². The molecule has 2 rings (SSSR count). The van der Waals surface area contributed by atoms with Crippen molar-refractivity contribution in [2.75, 3.05) is 5.75 Å². The molecule has 0 aliphatic heterocycles. The molecule has 0 aliphatic rings. The molecule has 0 saturated carbocycles. The van der Waals surface area contributed by atoms with Crippen molar-refractivity contribution in [3.05, 3.63) is 74.2 Å². The fourth-order valence-electron chi connectivity index (χ4n) is 2.16. The molecule has 1 atom stereocenters. The second kappa shape index (κ2) is 8.84. The van der Waals surface area contributed by atoms with Crippen molar-refractivity contribution in [2.45, 2.75) is 18.7 Å². The SMILES string of the molecule is C[C@H](NC(=O)CSCc1ccc([N+](=O)[O-])cc1)c1ccccc1Br. The van der Waals surface area contributed by atoms with Gasteiger partial charge in [0.15, 0.2) is 0 Å². The zero-order valence-electron chi connectivity index (χ0n) is 13.1. The second-order valence-electron chi connectivity index (χ2n) is 5.23. The van der Waals surface area contributed by atoms with E-state index in [2.05, 4.69) is 21.2 Å². The Bertz CT molecular complexity index is 722. The largest absolute Gasteiger partial charge is 0.349 e. The Morgan fingerprint density at radius 1 is 1.25 bits per heavy atom. The lowest BCUT2D eigenvalue weighted by molar-refractivity contribution is -0.384. The Balaban J connectivity index is 1.79. The number of amides is 1. The summed E-state index contributed by atoms with van der Waals surface area (Å²) in [6.45, 7) is 1.94. The molecule has 0 spiro atoms. The number of carbonyl (C=O) groups is 1. The van der Waals surface area contributed by atoms with Crippen LogP contribution in [0.15, 0.2) is 53.0 Å². The molecule has 5 nitrogen and oxygen atoms in total. The summed E-state index contributed by atoms with van der Waals surface area (Å²) in [5, 5.41) is 13.6. The predicted octanol–water partition coefficient (Wildman–Crippen LogP) is 4.47. The maximum absolute atomic E-state index is 12.0. The van der Waals surface area contributed by atoms with Crippen LogP contribution in [0.1, 0.15) is 24.1 Å². The summed E-state index contributed by atoms with van der Waals surface area (Å²) < 4.78 is 0.969. The maximum atomic E-state index is 12.0. The van der Waals surface area contributed by atoms with Crippen LogP contribution in [0.3, 0.4) is 0 Å². The lowest BCUT2D eigenvalue weighted by atomic mass is 10.1. The normalized spacial score (nSPS) is 11.8. The van der Waals surface area contributed by atoms with Crippen LogP contribution < -0.4 is 5.32 Å². The highest BCUT2D eigenvalue weighted by Crippen LogP contribution is 2.23. The number of nitro benzene ring substituents is 1. The first kappa shape index (κ1) is 18.5. The van der Waals surface area contributed by atoms with Crippen LogP contribution in [0.2, 0.25) is 0 Å². The Kier molecular flexibility index (Phi) is 6.81. The van der Waals surface area contributed by atoms with E-state index in [9.17, 15) is 14.9 Å². The number of rotatable bonds is 7. The first-order valence-corrected chi connectivity index (χ1v) is 9.27. The van der Waals surface area contributed by atoms with Gasteiger partial charge in [0.25, 0.3) is 5.69 Å². The third kappa shape index (κ3) is 5.35. The zero-order chi connectivity index (χ0) is 17.5. The number of carbonyl (C=O) groups excluding carboxylic acids is 1. The van der Waals surface area contributed by atoms with Crippen molar-refractivity contribution in [2.24, 2.45) is 0 Å². The Morgan fingerprint density at radius 2 is 1.92 bits per heavy atom. The van der Waals surface area contributed by atoms with Crippen LogP contribution in [0.5, 0.6) is 0 Å². The number of benzene rings is 2. The van der Waals surface area contributed by atoms with E-state index in [1.165, 1.54) is 23.9 Å². The summed E-state index contributed by atoms with van der Waals surface area (Å²) in [5.74, 6) is 0.936. The van der Waals surface area contributed by atoms with Crippen LogP contribution in [0.25, 0.3) is 0 Å². The molecule has 2 aromatic carbocycles. The van der Waals surface area contributed by atoms with Gasteiger partial charge in [0.05, 0.1) is 16.7 Å². The van der Waals surface area contributed by atoms with Gasteiger partial charge >= 0.3 is 0 Å². The third-order valence-electron chi connectivity index (χ3n) is 3.40. The van der Waals surface area contributed by atoms with Gasteiger partial charge in [0, 0.05) is 22.4 Å². The summed E-state index contributed by atoms with van der Waals surface area (Å²) in [7, 11) is 0. The molecule has 24 heavy (non-hydrogen) atoms. The average molecular weight is 409 g/mol. The number of hydrogen-bond acceptors (Lipinski definition) is 4. The van der Waals surface area contributed by atoms with Gasteiger partial charge in [-0.2, -0.15) is 0 Å². The molecule has 0 saturated heterocycles. The van der Waals surface area contributed by atoms with Crippen LogP contribution in [0.4, 0.5) is 5.69 Å². The lowest BCUT2D eigenvalue weighted by Gasteiger charge is -2.15. The van der Waals surface area contributed by atoms with Crippen molar-refractivity contribution in [1.82, 2.24) is 5.32 Å². The van der Waals surface area contributed by atoms with Gasteiger partial charge in [-0.15, -0.1) is 11.8 Å². The number of halogens is 1. The van der Waals surface area contributed by atoms with E-state index in [1.807, 2.05) is 31.2 Å². The fraction of sp³-hybridized carbons (Fsp3) is 0.235. The summed E-state index contributed by atoms with van der Waals surface area (Å²) in [4.78, 5) is 22.2. The molecule has 0 radical (unpaired) electrons. The van der Waals surface area contributed by atoms with Crippen molar-refractivity contribution in [1.29, 1.82) is 0 Å². The average Bonchev–Trinajstić information content (AvgIpc) is 2.55. The van der Waals surface area contributed by atoms with Crippen LogP contribution in [-0.4, -0.2) is 16.6 Å². The standard InChI is InChI=1S/C17H17BrN2O3S/c1-12(15-4-2-3-5-16(15)18)19-17(21)11-24-10-13-6-8-14(9-7-13)20(22)23/h2-9,12H,10-11H2,1H3,(H,19,21)/t12-/m0/s1. The molecule has 126 valence electrons. The van der Waals surface area contributed by atoms with Crippen LogP contribution >= 0.6 is 27.7 Å². The molecule has 2 aromatic rings. The van der Waals surface area contributed by atoms with Gasteiger partial charge in [-0.3, -0.25) is 14.9 Å². The Hall–Kier alpha value is -1.86. The predicted molar refractivity (Wildman–Crippen MR) is 100.0 cm³/mol. The molecule has 0 aromatic heterocycles. The van der Waals surface area contributed by atoms with Crippen molar-refractivity contribution in [3.8, 4) is 0 Å². The van der Waals surface area contributed by atoms with Crippen molar-refractivity contribution >= 4 is 39.3 Å². The molecule has 0 unspecified atom stereocenters. The summed E-state index contributed by atoms with van der Waals surface area (Å²) >= 11 is 4.96. The number of nitrogens with one attached hydrogen (secondary N) is 1.